The molecule has 0 atom stereocenters. The van der Waals surface area contributed by atoms with Crippen molar-refractivity contribution >= 4 is 45.0 Å². The maximum Gasteiger partial charge on any atom is 0.228 e. The minimum atomic E-state index is -0.0583. The highest BCUT2D eigenvalue weighted by Crippen LogP contribution is 2.33. The fourth-order valence-corrected chi connectivity index (χ4v) is 5.78. The number of thiophene rings is 1. The molecule has 1 amide bonds. The molecule has 0 saturated heterocycles. The molecule has 0 unspecified atom stereocenters. The average Bonchev–Trinajstić information content (AvgIpc) is 3.72. The third-order valence-electron chi connectivity index (χ3n) is 7.00. The molecule has 0 bridgehead atoms. The van der Waals surface area contributed by atoms with E-state index in [0.717, 1.165) is 61.3 Å². The van der Waals surface area contributed by atoms with E-state index in [1.165, 1.54) is 0 Å². The van der Waals surface area contributed by atoms with Crippen LogP contribution < -0.4 is 5.32 Å². The summed E-state index contributed by atoms with van der Waals surface area (Å²) in [6.45, 7) is 2.02. The third-order valence-corrected chi connectivity index (χ3v) is 7.68. The zero-order valence-electron chi connectivity index (χ0n) is 22.4. The number of hydrogen-bond acceptors (Lipinski definition) is 6. The van der Waals surface area contributed by atoms with Crippen LogP contribution in [0.5, 0.6) is 0 Å². The third kappa shape index (κ3) is 4.76. The number of anilines is 1. The van der Waals surface area contributed by atoms with Crippen LogP contribution >= 0.6 is 11.3 Å². The van der Waals surface area contributed by atoms with Gasteiger partial charge in [-0.1, -0.05) is 36.4 Å². The zero-order chi connectivity index (χ0) is 27.9. The van der Waals surface area contributed by atoms with E-state index in [1.807, 2.05) is 80.1 Å². The number of rotatable bonds is 6. The number of fused-ring (bicyclic) bond motifs is 2. The lowest BCUT2D eigenvalue weighted by atomic mass is 10.0. The number of amides is 1. The van der Waals surface area contributed by atoms with E-state index < -0.39 is 0 Å². The van der Waals surface area contributed by atoms with Gasteiger partial charge in [-0.25, -0.2) is 14.6 Å². The SMILES string of the molecule is Cc1cc(NC(=O)Cc2ccccc2)cc(-c2cnc3c(c2)c(-c2nc4c(-c5ccsc5)nccc4[nH]2)nn3C)c1. The highest BCUT2D eigenvalue weighted by atomic mass is 32.1. The number of nitrogens with one attached hydrogen (secondary N) is 2. The standard InChI is InChI=1S/C32H25N7OS/c1-19-12-22(15-24(13-19)35-27(40)14-20-6-4-3-5-7-20)23-16-25-29(38-39(2)32(25)34-17-23)31-36-26-8-10-33-28(30(26)37-31)21-9-11-41-18-21/h3-13,15-18H,14H2,1-2H3,(H,35,40)(H,36,37). The molecule has 8 nitrogen and oxygen atoms in total. The summed E-state index contributed by atoms with van der Waals surface area (Å²) in [5, 5.41) is 12.8. The van der Waals surface area contributed by atoms with Gasteiger partial charge in [0.1, 0.15) is 11.2 Å². The summed E-state index contributed by atoms with van der Waals surface area (Å²) in [5.74, 6) is 0.601. The Bertz CT molecular complexity index is 2040. The number of benzene rings is 2. The topological polar surface area (TPSA) is 101 Å². The summed E-state index contributed by atoms with van der Waals surface area (Å²) >= 11 is 1.63. The van der Waals surface area contributed by atoms with Gasteiger partial charge in [0.2, 0.25) is 5.91 Å². The molecule has 0 fully saturated rings. The monoisotopic (exact) mass is 555 g/mol. The Labute approximate surface area is 239 Å². The van der Waals surface area contributed by atoms with Crippen LogP contribution in [-0.2, 0) is 18.3 Å². The molecule has 0 spiro atoms. The number of carbonyl (C=O) groups is 1. The molecule has 2 aromatic carbocycles. The second-order valence-electron chi connectivity index (χ2n) is 10.0. The largest absolute Gasteiger partial charge is 0.336 e. The van der Waals surface area contributed by atoms with Crippen LogP contribution in [0.15, 0.2) is 89.9 Å². The van der Waals surface area contributed by atoms with Crippen LogP contribution in [0.25, 0.3) is 56.0 Å². The minimum Gasteiger partial charge on any atom is -0.336 e. The zero-order valence-corrected chi connectivity index (χ0v) is 23.2. The van der Waals surface area contributed by atoms with Gasteiger partial charge in [0.05, 0.1) is 23.0 Å². The van der Waals surface area contributed by atoms with E-state index >= 15 is 0 Å². The Morgan fingerprint density at radius 3 is 2.68 bits per heavy atom. The first-order valence-electron chi connectivity index (χ1n) is 13.2. The van der Waals surface area contributed by atoms with Crippen molar-refractivity contribution in [1.29, 1.82) is 0 Å². The Hall–Kier alpha value is -5.15. The first kappa shape index (κ1) is 24.9. The molecule has 0 aliphatic heterocycles. The van der Waals surface area contributed by atoms with Gasteiger partial charge in [-0.3, -0.25) is 9.78 Å². The second kappa shape index (κ2) is 10.1. The van der Waals surface area contributed by atoms with Gasteiger partial charge >= 0.3 is 0 Å². The minimum absolute atomic E-state index is 0.0583. The molecule has 0 aliphatic rings. The molecular weight excluding hydrogens is 530 g/mol. The smallest absolute Gasteiger partial charge is 0.228 e. The molecule has 7 rings (SSSR count). The summed E-state index contributed by atoms with van der Waals surface area (Å²) in [7, 11) is 1.88. The molecule has 0 radical (unpaired) electrons. The number of hydrogen-bond donors (Lipinski definition) is 2. The fourth-order valence-electron chi connectivity index (χ4n) is 5.14. The van der Waals surface area contributed by atoms with Crippen molar-refractivity contribution in [1.82, 2.24) is 29.7 Å². The maximum atomic E-state index is 12.7. The second-order valence-corrected chi connectivity index (χ2v) is 10.8. The van der Waals surface area contributed by atoms with E-state index in [9.17, 15) is 4.79 Å². The molecule has 0 aliphatic carbocycles. The van der Waals surface area contributed by atoms with Gasteiger partial charge in [-0.2, -0.15) is 16.4 Å². The number of pyridine rings is 2. The summed E-state index contributed by atoms with van der Waals surface area (Å²) in [5.41, 5.74) is 9.69. The molecule has 2 N–H and O–H groups in total. The van der Waals surface area contributed by atoms with Gasteiger partial charge in [0.25, 0.3) is 0 Å². The molecule has 41 heavy (non-hydrogen) atoms. The molecule has 5 aromatic heterocycles. The lowest BCUT2D eigenvalue weighted by Crippen LogP contribution is -2.14. The van der Waals surface area contributed by atoms with Crippen LogP contribution in [0.4, 0.5) is 5.69 Å². The van der Waals surface area contributed by atoms with Gasteiger partial charge in [-0.05, 0) is 59.3 Å². The quantitative estimate of drug-likeness (QED) is 0.235. The number of nitrogens with zero attached hydrogens (tertiary/aromatic N) is 5. The van der Waals surface area contributed by atoms with E-state index in [0.29, 0.717) is 17.9 Å². The predicted molar refractivity (Wildman–Crippen MR) is 164 cm³/mol. The number of imidazole rings is 1. The Morgan fingerprint density at radius 2 is 1.85 bits per heavy atom. The average molecular weight is 556 g/mol. The molecule has 7 aromatic rings. The van der Waals surface area contributed by atoms with Crippen LogP contribution in [-0.4, -0.2) is 35.6 Å². The first-order valence-corrected chi connectivity index (χ1v) is 14.1. The van der Waals surface area contributed by atoms with Gasteiger partial charge in [-0.15, -0.1) is 0 Å². The highest BCUT2D eigenvalue weighted by Gasteiger charge is 2.19. The van der Waals surface area contributed by atoms with Crippen LogP contribution in [0, 0.1) is 6.92 Å². The summed E-state index contributed by atoms with van der Waals surface area (Å²) < 4.78 is 1.77. The summed E-state index contributed by atoms with van der Waals surface area (Å²) in [6, 6.07) is 21.8. The predicted octanol–water partition coefficient (Wildman–Crippen LogP) is 6.79. The van der Waals surface area contributed by atoms with Crippen molar-refractivity contribution in [2.75, 3.05) is 5.32 Å². The Balaban J connectivity index is 1.26. The number of carbonyl (C=O) groups excluding carboxylic acids is 1. The Morgan fingerprint density at radius 1 is 0.976 bits per heavy atom. The normalized spacial score (nSPS) is 11.4. The van der Waals surface area contributed by atoms with Crippen molar-refractivity contribution in [3.63, 3.8) is 0 Å². The highest BCUT2D eigenvalue weighted by molar-refractivity contribution is 7.08. The van der Waals surface area contributed by atoms with E-state index in [-0.39, 0.29) is 5.91 Å². The number of aryl methyl sites for hydroxylation is 2. The lowest BCUT2D eigenvalue weighted by molar-refractivity contribution is -0.115. The summed E-state index contributed by atoms with van der Waals surface area (Å²) in [6.07, 6.45) is 3.95. The fraction of sp³-hybridized carbons (Fsp3) is 0.0938. The van der Waals surface area contributed by atoms with Crippen LogP contribution in [0.1, 0.15) is 11.1 Å². The molecule has 0 saturated carbocycles. The van der Waals surface area contributed by atoms with Crippen LogP contribution in [0.3, 0.4) is 0 Å². The van der Waals surface area contributed by atoms with Crippen molar-refractivity contribution in [3.8, 4) is 33.9 Å². The summed E-state index contributed by atoms with van der Waals surface area (Å²) in [4.78, 5) is 30.5. The van der Waals surface area contributed by atoms with Gasteiger partial charge in [0.15, 0.2) is 11.5 Å². The molecular formula is C32H25N7OS. The van der Waals surface area contributed by atoms with Crippen molar-refractivity contribution in [3.05, 3.63) is 101 Å². The van der Waals surface area contributed by atoms with Crippen molar-refractivity contribution < 1.29 is 4.79 Å². The number of aromatic amines is 1. The molecule has 200 valence electrons. The van der Waals surface area contributed by atoms with E-state index in [4.69, 9.17) is 15.1 Å². The Kier molecular flexibility index (Phi) is 6.13. The first-order chi connectivity index (χ1) is 20.0. The van der Waals surface area contributed by atoms with Crippen LogP contribution in [0.2, 0.25) is 0 Å². The van der Waals surface area contributed by atoms with E-state index in [1.54, 1.807) is 22.2 Å². The number of H-pyrrole nitrogens is 1. The van der Waals surface area contributed by atoms with Gasteiger partial charge < -0.3 is 10.3 Å². The number of aromatic nitrogens is 6. The lowest BCUT2D eigenvalue weighted by Gasteiger charge is -2.10. The molecule has 5 heterocycles. The maximum absolute atomic E-state index is 12.7. The van der Waals surface area contributed by atoms with Gasteiger partial charge in [0, 0.05) is 41.6 Å². The van der Waals surface area contributed by atoms with E-state index in [2.05, 4.69) is 32.8 Å². The van der Waals surface area contributed by atoms with Crippen molar-refractivity contribution in [2.24, 2.45) is 7.05 Å². The van der Waals surface area contributed by atoms with Crippen molar-refractivity contribution in [2.45, 2.75) is 13.3 Å². The molecule has 9 heteroatoms.